The Kier molecular flexibility index (Phi) is 4.40. The summed E-state index contributed by atoms with van der Waals surface area (Å²) in [4.78, 5) is 15.6. The van der Waals surface area contributed by atoms with Gasteiger partial charge in [0.1, 0.15) is 5.75 Å². The fourth-order valence-electron chi connectivity index (χ4n) is 2.10. The number of thiazole rings is 1. The van der Waals surface area contributed by atoms with Gasteiger partial charge < -0.3 is 4.74 Å². The summed E-state index contributed by atoms with van der Waals surface area (Å²) in [6.45, 7) is 2.58. The number of carbonyl (C=O) groups excluding carboxylic acids is 1. The maximum absolute atomic E-state index is 11.0. The second-order valence-corrected chi connectivity index (χ2v) is 6.21. The third-order valence-corrected chi connectivity index (χ3v) is 4.59. The predicted molar refractivity (Wildman–Crippen MR) is 91.1 cm³/mol. The summed E-state index contributed by atoms with van der Waals surface area (Å²) in [6, 6.07) is 9.49. The van der Waals surface area contributed by atoms with Gasteiger partial charge in [-0.05, 0) is 53.2 Å². The van der Waals surface area contributed by atoms with E-state index in [9.17, 15) is 4.79 Å². The molecule has 4 nitrogen and oxygen atoms in total. The van der Waals surface area contributed by atoms with Crippen molar-refractivity contribution < 1.29 is 9.53 Å². The smallest absolute Gasteiger partial charge is 0.194 e. The molecular weight excluding hydrogens is 364 g/mol. The van der Waals surface area contributed by atoms with Gasteiger partial charge in [0.15, 0.2) is 11.4 Å². The largest absolute Gasteiger partial charge is 0.493 e. The van der Waals surface area contributed by atoms with Crippen molar-refractivity contribution >= 4 is 33.6 Å². The van der Waals surface area contributed by atoms with Gasteiger partial charge in [-0.3, -0.25) is 9.36 Å². The standard InChI is InChI=1S/C16H13BrN2O2S/c1-2-21-15-6-5-11(8-13(15)17)14-10-22-16(18-14)19-7-3-4-12(19)9-20/h3-10H,2H2,1H3. The van der Waals surface area contributed by atoms with E-state index in [0.29, 0.717) is 12.3 Å². The van der Waals surface area contributed by atoms with E-state index in [1.54, 1.807) is 10.6 Å². The average molecular weight is 377 g/mol. The molecule has 0 saturated heterocycles. The minimum absolute atomic E-state index is 0.591. The molecule has 0 unspecified atom stereocenters. The fraction of sp³-hybridized carbons (Fsp3) is 0.125. The van der Waals surface area contributed by atoms with E-state index in [1.807, 2.05) is 42.8 Å². The van der Waals surface area contributed by atoms with Gasteiger partial charge in [-0.15, -0.1) is 11.3 Å². The minimum Gasteiger partial charge on any atom is -0.493 e. The quantitative estimate of drug-likeness (QED) is 0.612. The molecule has 0 saturated carbocycles. The average Bonchev–Trinajstić information content (AvgIpc) is 3.17. The second-order valence-electron chi connectivity index (χ2n) is 4.51. The van der Waals surface area contributed by atoms with Crippen molar-refractivity contribution in [2.24, 2.45) is 0 Å². The first-order valence-electron chi connectivity index (χ1n) is 6.74. The normalized spacial score (nSPS) is 10.6. The third kappa shape index (κ3) is 2.84. The van der Waals surface area contributed by atoms with Crippen molar-refractivity contribution in [2.75, 3.05) is 6.61 Å². The van der Waals surface area contributed by atoms with Gasteiger partial charge in [0.25, 0.3) is 0 Å². The number of halogens is 1. The predicted octanol–water partition coefficient (Wildman–Crippen LogP) is 4.57. The molecule has 0 fully saturated rings. The molecule has 0 aliphatic carbocycles. The van der Waals surface area contributed by atoms with Gasteiger partial charge in [0, 0.05) is 17.1 Å². The van der Waals surface area contributed by atoms with Crippen LogP contribution in [0.4, 0.5) is 0 Å². The Morgan fingerprint density at radius 2 is 2.27 bits per heavy atom. The van der Waals surface area contributed by atoms with Gasteiger partial charge >= 0.3 is 0 Å². The van der Waals surface area contributed by atoms with E-state index < -0.39 is 0 Å². The van der Waals surface area contributed by atoms with Gasteiger partial charge in [0.2, 0.25) is 0 Å². The Balaban J connectivity index is 1.94. The second kappa shape index (κ2) is 6.46. The van der Waals surface area contributed by atoms with Crippen LogP contribution in [0.3, 0.4) is 0 Å². The molecule has 2 aromatic heterocycles. The van der Waals surface area contributed by atoms with Crippen LogP contribution in [-0.2, 0) is 0 Å². The Labute approximate surface area is 140 Å². The molecule has 1 aromatic carbocycles. The van der Waals surface area contributed by atoms with Crippen LogP contribution in [0, 0.1) is 0 Å². The van der Waals surface area contributed by atoms with Gasteiger partial charge in [0.05, 0.1) is 22.5 Å². The first-order valence-corrected chi connectivity index (χ1v) is 8.41. The molecule has 112 valence electrons. The molecule has 0 aliphatic rings. The molecule has 22 heavy (non-hydrogen) atoms. The number of hydrogen-bond donors (Lipinski definition) is 0. The van der Waals surface area contributed by atoms with Crippen LogP contribution in [-0.4, -0.2) is 22.4 Å². The molecule has 0 aliphatic heterocycles. The lowest BCUT2D eigenvalue weighted by Gasteiger charge is -2.06. The molecule has 0 amide bonds. The third-order valence-electron chi connectivity index (χ3n) is 3.13. The Bertz CT molecular complexity index is 810. The summed E-state index contributed by atoms with van der Waals surface area (Å²) in [6.07, 6.45) is 2.66. The van der Waals surface area contributed by atoms with Gasteiger partial charge in [-0.1, -0.05) is 0 Å². The molecule has 6 heteroatoms. The molecule has 0 spiro atoms. The monoisotopic (exact) mass is 376 g/mol. The van der Waals surface area contributed by atoms with Crippen LogP contribution >= 0.6 is 27.3 Å². The zero-order valence-corrected chi connectivity index (χ0v) is 14.2. The lowest BCUT2D eigenvalue weighted by atomic mass is 10.2. The van der Waals surface area contributed by atoms with E-state index in [-0.39, 0.29) is 0 Å². The summed E-state index contributed by atoms with van der Waals surface area (Å²) in [7, 11) is 0. The Morgan fingerprint density at radius 3 is 3.00 bits per heavy atom. The van der Waals surface area contributed by atoms with E-state index in [0.717, 1.165) is 32.9 Å². The summed E-state index contributed by atoms with van der Waals surface area (Å²) in [5.41, 5.74) is 2.46. The number of carbonyl (C=O) groups is 1. The summed E-state index contributed by atoms with van der Waals surface area (Å²) in [5.74, 6) is 0.815. The zero-order valence-electron chi connectivity index (χ0n) is 11.8. The molecule has 3 aromatic rings. The van der Waals surface area contributed by atoms with Crippen LogP contribution in [0.25, 0.3) is 16.4 Å². The van der Waals surface area contributed by atoms with E-state index in [2.05, 4.69) is 20.9 Å². The molecule has 0 atom stereocenters. The molecular formula is C16H13BrN2O2S. The maximum atomic E-state index is 11.0. The van der Waals surface area contributed by atoms with Gasteiger partial charge in [-0.25, -0.2) is 4.98 Å². The molecule has 3 rings (SSSR count). The first-order chi connectivity index (χ1) is 10.7. The first kappa shape index (κ1) is 15.0. The molecule has 0 N–H and O–H groups in total. The van der Waals surface area contributed by atoms with E-state index in [1.165, 1.54) is 11.3 Å². The van der Waals surface area contributed by atoms with Gasteiger partial charge in [-0.2, -0.15) is 0 Å². The number of hydrogen-bond acceptors (Lipinski definition) is 4. The SMILES string of the molecule is CCOc1ccc(-c2csc(-n3cccc3C=O)n2)cc1Br. The highest BCUT2D eigenvalue weighted by molar-refractivity contribution is 9.10. The molecule has 0 bridgehead atoms. The van der Waals surface area contributed by atoms with Crippen LogP contribution in [0.2, 0.25) is 0 Å². The summed E-state index contributed by atoms with van der Waals surface area (Å²) in [5, 5.41) is 2.75. The number of benzene rings is 1. The zero-order chi connectivity index (χ0) is 15.5. The van der Waals surface area contributed by atoms with E-state index in [4.69, 9.17) is 4.74 Å². The van der Waals surface area contributed by atoms with E-state index >= 15 is 0 Å². The van der Waals surface area contributed by atoms with Crippen molar-refractivity contribution in [1.29, 1.82) is 0 Å². The van der Waals surface area contributed by atoms with Crippen LogP contribution in [0.5, 0.6) is 5.75 Å². The topological polar surface area (TPSA) is 44.1 Å². The number of nitrogens with zero attached hydrogens (tertiary/aromatic N) is 2. The highest BCUT2D eigenvalue weighted by atomic mass is 79.9. The van der Waals surface area contributed by atoms with Crippen LogP contribution in [0.1, 0.15) is 17.4 Å². The maximum Gasteiger partial charge on any atom is 0.194 e. The highest BCUT2D eigenvalue weighted by Gasteiger charge is 2.10. The molecule has 0 radical (unpaired) electrons. The van der Waals surface area contributed by atoms with Crippen molar-refractivity contribution in [2.45, 2.75) is 6.92 Å². The van der Waals surface area contributed by atoms with Crippen molar-refractivity contribution in [3.05, 3.63) is 52.1 Å². The summed E-state index contributed by atoms with van der Waals surface area (Å²) < 4.78 is 8.20. The van der Waals surface area contributed by atoms with Crippen molar-refractivity contribution in [3.63, 3.8) is 0 Å². The lowest BCUT2D eigenvalue weighted by Crippen LogP contribution is -1.96. The molecule has 2 heterocycles. The lowest BCUT2D eigenvalue weighted by molar-refractivity contribution is 0.111. The highest BCUT2D eigenvalue weighted by Crippen LogP contribution is 2.32. The van der Waals surface area contributed by atoms with Crippen molar-refractivity contribution in [3.8, 4) is 22.1 Å². The van der Waals surface area contributed by atoms with Crippen molar-refractivity contribution in [1.82, 2.24) is 9.55 Å². The Morgan fingerprint density at radius 1 is 1.41 bits per heavy atom. The fourth-order valence-corrected chi connectivity index (χ4v) is 3.43. The Hall–Kier alpha value is -1.92. The van der Waals surface area contributed by atoms with Crippen LogP contribution in [0.15, 0.2) is 46.4 Å². The minimum atomic E-state index is 0.591. The number of ether oxygens (including phenoxy) is 1. The number of rotatable bonds is 5. The number of aromatic nitrogens is 2. The summed E-state index contributed by atoms with van der Waals surface area (Å²) >= 11 is 5.01. The van der Waals surface area contributed by atoms with Crippen LogP contribution < -0.4 is 4.74 Å². The number of aldehydes is 1.